The summed E-state index contributed by atoms with van der Waals surface area (Å²) >= 11 is 0. The van der Waals surface area contributed by atoms with Crippen molar-refractivity contribution in [1.82, 2.24) is 15.2 Å². The van der Waals surface area contributed by atoms with Crippen molar-refractivity contribution in [1.29, 1.82) is 0 Å². The molecule has 1 fully saturated rings. The fourth-order valence-electron chi connectivity index (χ4n) is 2.20. The smallest absolute Gasteiger partial charge is 0.128 e. The number of nitrogens with one attached hydrogen (secondary N) is 1. The lowest BCUT2D eigenvalue weighted by molar-refractivity contribution is 0.360. The van der Waals surface area contributed by atoms with Gasteiger partial charge in [-0.3, -0.25) is 0 Å². The minimum atomic E-state index is 0.835. The fourth-order valence-corrected chi connectivity index (χ4v) is 2.20. The zero-order valence-corrected chi connectivity index (χ0v) is 10.8. The van der Waals surface area contributed by atoms with E-state index in [0.29, 0.717) is 0 Å². The average Bonchev–Trinajstić information content (AvgIpc) is 2.55. The maximum Gasteiger partial charge on any atom is 0.128 e. The Morgan fingerprint density at radius 1 is 1.24 bits per heavy atom. The monoisotopic (exact) mass is 234 g/mol. The summed E-state index contributed by atoms with van der Waals surface area (Å²) in [5, 5.41) is 3.14. The van der Waals surface area contributed by atoms with Crippen LogP contribution in [0, 0.1) is 0 Å². The van der Waals surface area contributed by atoms with Crippen LogP contribution in [-0.2, 0) is 6.54 Å². The van der Waals surface area contributed by atoms with Gasteiger partial charge in [-0.05, 0) is 39.2 Å². The molecule has 0 amide bonds. The first-order chi connectivity index (χ1) is 8.29. The summed E-state index contributed by atoms with van der Waals surface area (Å²) in [5.41, 5.74) is 1.11. The molecule has 0 bridgehead atoms. The van der Waals surface area contributed by atoms with Gasteiger partial charge in [-0.1, -0.05) is 6.07 Å². The van der Waals surface area contributed by atoms with E-state index in [2.05, 4.69) is 40.4 Å². The maximum atomic E-state index is 4.70. The molecule has 0 radical (unpaired) electrons. The lowest BCUT2D eigenvalue weighted by Crippen LogP contribution is -2.29. The molecule has 4 nitrogen and oxygen atoms in total. The summed E-state index contributed by atoms with van der Waals surface area (Å²) < 4.78 is 0. The molecule has 2 heterocycles. The third-order valence-electron chi connectivity index (χ3n) is 3.19. The largest absolute Gasteiger partial charge is 0.355 e. The summed E-state index contributed by atoms with van der Waals surface area (Å²) in [6.45, 7) is 5.33. The summed E-state index contributed by atoms with van der Waals surface area (Å²) in [4.78, 5) is 9.48. The van der Waals surface area contributed by atoms with Crippen LogP contribution in [0.25, 0.3) is 0 Å². The summed E-state index contributed by atoms with van der Waals surface area (Å²) in [6.07, 6.45) is 1.22. The van der Waals surface area contributed by atoms with Gasteiger partial charge in [0.15, 0.2) is 0 Å². The molecule has 1 aliphatic heterocycles. The van der Waals surface area contributed by atoms with Crippen LogP contribution in [0.15, 0.2) is 18.2 Å². The Morgan fingerprint density at radius 3 is 2.94 bits per heavy atom. The molecular weight excluding hydrogens is 212 g/mol. The number of anilines is 1. The Labute approximate surface area is 104 Å². The average molecular weight is 234 g/mol. The van der Waals surface area contributed by atoms with Crippen LogP contribution < -0.4 is 10.2 Å². The van der Waals surface area contributed by atoms with Crippen molar-refractivity contribution in [2.75, 3.05) is 45.2 Å². The van der Waals surface area contributed by atoms with Gasteiger partial charge < -0.3 is 15.1 Å². The molecular formula is C13H22N4. The van der Waals surface area contributed by atoms with Gasteiger partial charge in [-0.25, -0.2) is 4.98 Å². The number of likely N-dealkylation sites (N-methyl/N-ethyl adjacent to an activating group) is 1. The molecule has 0 atom stereocenters. The van der Waals surface area contributed by atoms with Crippen molar-refractivity contribution in [2.24, 2.45) is 0 Å². The van der Waals surface area contributed by atoms with Crippen molar-refractivity contribution < 1.29 is 0 Å². The number of pyridine rings is 1. The molecule has 0 aromatic carbocycles. The van der Waals surface area contributed by atoms with Crippen molar-refractivity contribution in [3.63, 3.8) is 0 Å². The molecule has 1 aromatic rings. The fraction of sp³-hybridized carbons (Fsp3) is 0.615. The molecule has 1 N–H and O–H groups in total. The Balaban J connectivity index is 2.07. The molecule has 0 saturated carbocycles. The van der Waals surface area contributed by atoms with Crippen LogP contribution in [0.2, 0.25) is 0 Å². The maximum absolute atomic E-state index is 4.70. The third kappa shape index (κ3) is 3.41. The first kappa shape index (κ1) is 12.3. The summed E-state index contributed by atoms with van der Waals surface area (Å²) in [7, 11) is 4.14. The van der Waals surface area contributed by atoms with Gasteiger partial charge in [0.1, 0.15) is 5.82 Å². The van der Waals surface area contributed by atoms with E-state index in [4.69, 9.17) is 4.98 Å². The molecule has 1 aliphatic rings. The number of nitrogens with zero attached hydrogens (tertiary/aromatic N) is 3. The number of rotatable bonds is 3. The van der Waals surface area contributed by atoms with Gasteiger partial charge in [0.05, 0.1) is 5.69 Å². The highest BCUT2D eigenvalue weighted by atomic mass is 15.2. The molecule has 4 heteroatoms. The van der Waals surface area contributed by atoms with E-state index in [0.717, 1.165) is 37.7 Å². The van der Waals surface area contributed by atoms with Crippen LogP contribution in [-0.4, -0.2) is 50.2 Å². The van der Waals surface area contributed by atoms with E-state index in [1.54, 1.807) is 0 Å². The van der Waals surface area contributed by atoms with E-state index in [1.807, 2.05) is 7.05 Å². The van der Waals surface area contributed by atoms with Crippen molar-refractivity contribution in [3.05, 3.63) is 23.9 Å². The second kappa shape index (κ2) is 5.98. The van der Waals surface area contributed by atoms with Crippen molar-refractivity contribution in [3.8, 4) is 0 Å². The van der Waals surface area contributed by atoms with E-state index in [-0.39, 0.29) is 0 Å². The predicted octanol–water partition coefficient (Wildman–Crippen LogP) is 0.943. The molecule has 17 heavy (non-hydrogen) atoms. The highest BCUT2D eigenvalue weighted by Crippen LogP contribution is 2.13. The van der Waals surface area contributed by atoms with Gasteiger partial charge in [0.25, 0.3) is 0 Å². The van der Waals surface area contributed by atoms with Crippen molar-refractivity contribution in [2.45, 2.75) is 13.0 Å². The van der Waals surface area contributed by atoms with Crippen LogP contribution in [0.1, 0.15) is 12.1 Å². The zero-order chi connectivity index (χ0) is 12.1. The minimum Gasteiger partial charge on any atom is -0.355 e. The van der Waals surface area contributed by atoms with Crippen LogP contribution >= 0.6 is 0 Å². The first-order valence-corrected chi connectivity index (χ1v) is 6.33. The molecule has 1 aromatic heterocycles. The van der Waals surface area contributed by atoms with Gasteiger partial charge >= 0.3 is 0 Å². The van der Waals surface area contributed by atoms with Gasteiger partial charge in [0.2, 0.25) is 0 Å². The van der Waals surface area contributed by atoms with Gasteiger partial charge in [0, 0.05) is 26.2 Å². The Bertz CT molecular complexity index is 353. The van der Waals surface area contributed by atoms with Crippen LogP contribution in [0.5, 0.6) is 0 Å². The first-order valence-electron chi connectivity index (χ1n) is 6.33. The van der Waals surface area contributed by atoms with Crippen LogP contribution in [0.3, 0.4) is 0 Å². The third-order valence-corrected chi connectivity index (χ3v) is 3.19. The number of hydrogen-bond donors (Lipinski definition) is 1. The number of aromatic nitrogens is 1. The summed E-state index contributed by atoms with van der Waals surface area (Å²) in [6, 6.07) is 6.29. The highest BCUT2D eigenvalue weighted by Gasteiger charge is 2.13. The SMILES string of the molecule is CNCc1cccc(N2CCCN(C)CC2)n1. The molecule has 2 rings (SSSR count). The van der Waals surface area contributed by atoms with Gasteiger partial charge in [-0.2, -0.15) is 0 Å². The lowest BCUT2D eigenvalue weighted by atomic mass is 10.3. The second-order valence-electron chi connectivity index (χ2n) is 4.66. The Morgan fingerprint density at radius 2 is 2.12 bits per heavy atom. The summed E-state index contributed by atoms with van der Waals surface area (Å²) in [5.74, 6) is 1.12. The van der Waals surface area contributed by atoms with E-state index in [9.17, 15) is 0 Å². The standard InChI is InChI=1S/C13H22N4/c1-14-11-12-5-3-6-13(15-12)17-8-4-7-16(2)9-10-17/h3,5-6,14H,4,7-11H2,1-2H3. The van der Waals surface area contributed by atoms with Crippen molar-refractivity contribution >= 4 is 5.82 Å². The number of hydrogen-bond acceptors (Lipinski definition) is 4. The molecule has 1 saturated heterocycles. The second-order valence-corrected chi connectivity index (χ2v) is 4.66. The van der Waals surface area contributed by atoms with E-state index >= 15 is 0 Å². The normalized spacial score (nSPS) is 18.1. The van der Waals surface area contributed by atoms with E-state index < -0.39 is 0 Å². The highest BCUT2D eigenvalue weighted by molar-refractivity contribution is 5.39. The minimum absolute atomic E-state index is 0.835. The molecule has 0 unspecified atom stereocenters. The quantitative estimate of drug-likeness (QED) is 0.843. The lowest BCUT2D eigenvalue weighted by Gasteiger charge is -2.22. The van der Waals surface area contributed by atoms with E-state index in [1.165, 1.54) is 13.0 Å². The molecule has 0 aliphatic carbocycles. The predicted molar refractivity (Wildman–Crippen MR) is 71.3 cm³/mol. The molecule has 94 valence electrons. The van der Waals surface area contributed by atoms with Gasteiger partial charge in [-0.15, -0.1) is 0 Å². The Hall–Kier alpha value is -1.13. The topological polar surface area (TPSA) is 31.4 Å². The van der Waals surface area contributed by atoms with Crippen LogP contribution in [0.4, 0.5) is 5.82 Å². The Kier molecular flexibility index (Phi) is 4.34. The zero-order valence-electron chi connectivity index (χ0n) is 10.8. The molecule has 0 spiro atoms.